The molecule has 0 saturated carbocycles. The van der Waals surface area contributed by atoms with Crippen molar-refractivity contribution in [3.63, 3.8) is 0 Å². The van der Waals surface area contributed by atoms with Crippen molar-refractivity contribution in [3.05, 3.63) is 17.7 Å². The molecule has 0 aliphatic heterocycles. The van der Waals surface area contributed by atoms with E-state index in [9.17, 15) is 9.59 Å². The minimum Gasteiger partial charge on any atom is -0.467 e. The number of carbonyl (C=O) groups is 2. The maximum absolute atomic E-state index is 12.1. The number of carbonyl (C=O) groups excluding carboxylic acids is 2. The normalized spacial score (nSPS) is 12.6. The van der Waals surface area contributed by atoms with Gasteiger partial charge >= 0.3 is 5.97 Å². The lowest BCUT2D eigenvalue weighted by molar-refractivity contribution is -0.143. The van der Waals surface area contributed by atoms with E-state index in [1.54, 1.807) is 0 Å². The molecule has 0 fully saturated rings. The van der Waals surface area contributed by atoms with Crippen molar-refractivity contribution in [2.75, 3.05) is 7.11 Å². The maximum atomic E-state index is 12.1. The number of H-pyrrole nitrogens is 1. The number of aromatic nitrogens is 2. The lowest BCUT2D eigenvalue weighted by Gasteiger charge is -2.17. The number of hydrogen-bond acceptors (Lipinski definition) is 4. The van der Waals surface area contributed by atoms with Crippen LogP contribution >= 0.6 is 0 Å². The molecule has 6 nitrogen and oxygen atoms in total. The van der Waals surface area contributed by atoms with Crippen molar-refractivity contribution in [2.45, 2.75) is 46.1 Å². The number of methoxy groups -OCH3 is 1. The zero-order valence-corrected chi connectivity index (χ0v) is 12.7. The van der Waals surface area contributed by atoms with E-state index >= 15 is 0 Å². The Balaban J connectivity index is 2.76. The average Bonchev–Trinajstić information content (AvgIpc) is 2.86. The molecule has 112 valence electrons. The fourth-order valence-corrected chi connectivity index (χ4v) is 1.81. The van der Waals surface area contributed by atoms with Crippen molar-refractivity contribution in [1.82, 2.24) is 15.3 Å². The Kier molecular flexibility index (Phi) is 5.73. The van der Waals surface area contributed by atoms with Gasteiger partial charge in [0.1, 0.15) is 17.6 Å². The van der Waals surface area contributed by atoms with Crippen LogP contribution in [0.2, 0.25) is 0 Å². The van der Waals surface area contributed by atoms with Crippen molar-refractivity contribution < 1.29 is 14.3 Å². The Morgan fingerprint density at radius 1 is 1.35 bits per heavy atom. The van der Waals surface area contributed by atoms with Crippen LogP contribution in [0, 0.1) is 5.92 Å². The third kappa shape index (κ3) is 4.36. The van der Waals surface area contributed by atoms with Gasteiger partial charge in [-0.15, -0.1) is 0 Å². The molecule has 0 aromatic carbocycles. The molecule has 0 aliphatic carbocycles. The number of aromatic amines is 1. The van der Waals surface area contributed by atoms with Crippen molar-refractivity contribution in [2.24, 2.45) is 5.92 Å². The number of ether oxygens (including phenoxy) is 1. The van der Waals surface area contributed by atoms with Crippen LogP contribution in [-0.4, -0.2) is 35.0 Å². The minimum atomic E-state index is -0.640. The highest BCUT2D eigenvalue weighted by Gasteiger charge is 2.24. The van der Waals surface area contributed by atoms with Gasteiger partial charge in [-0.25, -0.2) is 9.78 Å². The van der Waals surface area contributed by atoms with E-state index in [0.717, 1.165) is 5.82 Å². The molecule has 0 aliphatic rings. The van der Waals surface area contributed by atoms with Gasteiger partial charge in [-0.1, -0.05) is 27.7 Å². The number of hydrogen-bond donors (Lipinski definition) is 2. The van der Waals surface area contributed by atoms with Crippen LogP contribution in [-0.2, 0) is 9.53 Å². The Hall–Kier alpha value is -1.85. The molecule has 6 heteroatoms. The Morgan fingerprint density at radius 2 is 2.00 bits per heavy atom. The van der Waals surface area contributed by atoms with E-state index in [2.05, 4.69) is 15.3 Å². The molecular weight excluding hydrogens is 258 g/mol. The molecule has 20 heavy (non-hydrogen) atoms. The topological polar surface area (TPSA) is 84.1 Å². The van der Waals surface area contributed by atoms with Gasteiger partial charge in [-0.3, -0.25) is 4.79 Å². The van der Waals surface area contributed by atoms with Crippen LogP contribution in [0.3, 0.4) is 0 Å². The molecule has 1 amide bonds. The molecule has 2 N–H and O–H groups in total. The highest BCUT2D eigenvalue weighted by atomic mass is 16.5. The molecule has 0 saturated heterocycles. The largest absolute Gasteiger partial charge is 0.467 e. The van der Waals surface area contributed by atoms with E-state index in [4.69, 9.17) is 4.74 Å². The summed E-state index contributed by atoms with van der Waals surface area (Å²) in [6.07, 6.45) is 2.01. The summed E-state index contributed by atoms with van der Waals surface area (Å²) in [6.45, 7) is 7.93. The van der Waals surface area contributed by atoms with E-state index < -0.39 is 12.0 Å². The van der Waals surface area contributed by atoms with Crippen LogP contribution in [0.4, 0.5) is 0 Å². The summed E-state index contributed by atoms with van der Waals surface area (Å²) >= 11 is 0. The third-order valence-corrected chi connectivity index (χ3v) is 2.89. The monoisotopic (exact) mass is 281 g/mol. The van der Waals surface area contributed by atoms with Gasteiger partial charge in [0, 0.05) is 5.92 Å². The number of esters is 1. The van der Waals surface area contributed by atoms with Gasteiger partial charge in [-0.05, 0) is 12.3 Å². The van der Waals surface area contributed by atoms with Crippen molar-refractivity contribution in [3.8, 4) is 0 Å². The van der Waals surface area contributed by atoms with E-state index in [1.165, 1.54) is 13.3 Å². The first-order chi connectivity index (χ1) is 9.35. The summed E-state index contributed by atoms with van der Waals surface area (Å²) < 4.78 is 4.71. The molecule has 1 aromatic heterocycles. The number of amides is 1. The first-order valence-electron chi connectivity index (χ1n) is 6.78. The van der Waals surface area contributed by atoms with Gasteiger partial charge in [-0.2, -0.15) is 0 Å². The van der Waals surface area contributed by atoms with Gasteiger partial charge in [0.15, 0.2) is 0 Å². The van der Waals surface area contributed by atoms with Crippen LogP contribution in [0.1, 0.15) is 56.3 Å². The number of imidazole rings is 1. The second kappa shape index (κ2) is 7.07. The number of nitrogens with one attached hydrogen (secondary N) is 2. The van der Waals surface area contributed by atoms with E-state index in [-0.39, 0.29) is 17.7 Å². The van der Waals surface area contributed by atoms with E-state index in [0.29, 0.717) is 12.1 Å². The molecule has 1 atom stereocenters. The number of nitrogens with zero attached hydrogens (tertiary/aromatic N) is 1. The fraction of sp³-hybridized carbons (Fsp3) is 0.643. The summed E-state index contributed by atoms with van der Waals surface area (Å²) in [6, 6.07) is -0.640. The molecule has 1 aromatic rings. The summed E-state index contributed by atoms with van der Waals surface area (Å²) in [5, 5.41) is 2.68. The first-order valence-corrected chi connectivity index (χ1v) is 6.78. The third-order valence-electron chi connectivity index (χ3n) is 2.89. The second-order valence-corrected chi connectivity index (χ2v) is 5.52. The second-order valence-electron chi connectivity index (χ2n) is 5.52. The Bertz CT molecular complexity index is 466. The molecule has 0 spiro atoms. The average molecular weight is 281 g/mol. The fourth-order valence-electron chi connectivity index (χ4n) is 1.81. The molecule has 0 radical (unpaired) electrons. The van der Waals surface area contributed by atoms with Crippen molar-refractivity contribution in [1.29, 1.82) is 0 Å². The van der Waals surface area contributed by atoms with Gasteiger partial charge in [0.2, 0.25) is 0 Å². The summed E-state index contributed by atoms with van der Waals surface area (Å²) in [5.41, 5.74) is 0.353. The number of rotatable bonds is 6. The standard InChI is InChI=1S/C14H23N3O3/c1-8(2)6-10(14(19)20-5)17-13(18)11-7-15-12(16-11)9(3)4/h7-10H,6H2,1-5H3,(H,15,16)(H,17,18). The zero-order chi connectivity index (χ0) is 15.3. The van der Waals surface area contributed by atoms with E-state index in [1.807, 2.05) is 27.7 Å². The predicted octanol–water partition coefficient (Wildman–Crippen LogP) is 1.85. The summed E-state index contributed by atoms with van der Waals surface area (Å²) in [7, 11) is 1.31. The van der Waals surface area contributed by atoms with Crippen LogP contribution in [0.5, 0.6) is 0 Å². The summed E-state index contributed by atoms with van der Waals surface area (Å²) in [5.74, 6) is 0.445. The van der Waals surface area contributed by atoms with Crippen molar-refractivity contribution >= 4 is 11.9 Å². The van der Waals surface area contributed by atoms with Gasteiger partial charge in [0.05, 0.1) is 13.3 Å². The smallest absolute Gasteiger partial charge is 0.328 e. The van der Waals surface area contributed by atoms with Crippen LogP contribution in [0.25, 0.3) is 0 Å². The zero-order valence-electron chi connectivity index (χ0n) is 12.7. The van der Waals surface area contributed by atoms with Crippen LogP contribution in [0.15, 0.2) is 6.20 Å². The SMILES string of the molecule is COC(=O)C(CC(C)C)NC(=O)c1cnc(C(C)C)[nH]1. The predicted molar refractivity (Wildman–Crippen MR) is 75.4 cm³/mol. The van der Waals surface area contributed by atoms with Gasteiger partial charge < -0.3 is 15.0 Å². The molecule has 0 bridgehead atoms. The minimum absolute atomic E-state index is 0.212. The molecular formula is C14H23N3O3. The molecule has 1 heterocycles. The first kappa shape index (κ1) is 16.2. The Morgan fingerprint density at radius 3 is 2.45 bits per heavy atom. The quantitative estimate of drug-likeness (QED) is 0.779. The van der Waals surface area contributed by atoms with Gasteiger partial charge in [0.25, 0.3) is 5.91 Å². The molecule has 1 unspecified atom stereocenters. The highest BCUT2D eigenvalue weighted by molar-refractivity contribution is 5.95. The molecule has 1 rings (SSSR count). The lowest BCUT2D eigenvalue weighted by Crippen LogP contribution is -2.42. The maximum Gasteiger partial charge on any atom is 0.328 e. The lowest BCUT2D eigenvalue weighted by atomic mass is 10.0. The van der Waals surface area contributed by atoms with Crippen LogP contribution < -0.4 is 5.32 Å². The highest BCUT2D eigenvalue weighted by Crippen LogP contribution is 2.11. The Labute approximate surface area is 119 Å². The summed E-state index contributed by atoms with van der Waals surface area (Å²) in [4.78, 5) is 30.9.